The fourth-order valence-corrected chi connectivity index (χ4v) is 2.95. The molecule has 0 amide bonds. The molecule has 0 atom stereocenters. The largest absolute Gasteiger partial charge is 0.378 e. The highest BCUT2D eigenvalue weighted by atomic mass is 127. The van der Waals surface area contributed by atoms with Gasteiger partial charge in [-0.2, -0.15) is 0 Å². The molecule has 0 aliphatic heterocycles. The second-order valence-corrected chi connectivity index (χ2v) is 6.71. The number of benzene rings is 1. The van der Waals surface area contributed by atoms with E-state index in [1.54, 1.807) is 18.9 Å². The molecule has 0 saturated heterocycles. The lowest BCUT2D eigenvalue weighted by Gasteiger charge is -2.07. The summed E-state index contributed by atoms with van der Waals surface area (Å²) >= 11 is 9.98. The van der Waals surface area contributed by atoms with Gasteiger partial charge in [0.1, 0.15) is 11.0 Å². The van der Waals surface area contributed by atoms with Crippen LogP contribution in [0.1, 0.15) is 17.1 Å². The predicted molar refractivity (Wildman–Crippen MR) is 91.2 cm³/mol. The average Bonchev–Trinajstić information content (AvgIpc) is 2.44. The van der Waals surface area contributed by atoms with Gasteiger partial charge in [0.15, 0.2) is 0 Å². The van der Waals surface area contributed by atoms with Crippen molar-refractivity contribution < 1.29 is 4.74 Å². The van der Waals surface area contributed by atoms with Gasteiger partial charge in [0, 0.05) is 12.0 Å². The lowest BCUT2D eigenvalue weighted by molar-refractivity contribution is 0.180. The number of aryl methyl sites for hydroxylation is 1. The highest BCUT2D eigenvalue weighted by molar-refractivity contribution is 14.1. The van der Waals surface area contributed by atoms with E-state index in [4.69, 9.17) is 16.3 Å². The first-order valence-corrected chi connectivity index (χ1v) is 8.43. The molecule has 0 aliphatic carbocycles. The molecule has 0 N–H and O–H groups in total. The lowest BCUT2D eigenvalue weighted by atomic mass is 10.2. The van der Waals surface area contributed by atoms with Crippen LogP contribution in [0.2, 0.25) is 5.15 Å². The summed E-state index contributed by atoms with van der Waals surface area (Å²) < 4.78 is 5.99. The minimum atomic E-state index is 0.447. The van der Waals surface area contributed by atoms with Crippen LogP contribution in [0.4, 0.5) is 0 Å². The summed E-state index contributed by atoms with van der Waals surface area (Å²) in [5.41, 5.74) is 2.10. The number of hydrogen-bond donors (Lipinski definition) is 0. The third kappa shape index (κ3) is 4.31. The van der Waals surface area contributed by atoms with Crippen LogP contribution >= 0.6 is 46.0 Å². The van der Waals surface area contributed by atoms with Crippen LogP contribution in [-0.2, 0) is 17.1 Å². The molecular weight excluding hydrogens is 407 g/mol. The van der Waals surface area contributed by atoms with Crippen molar-refractivity contribution in [2.75, 3.05) is 7.11 Å². The second kappa shape index (κ2) is 7.59. The highest BCUT2D eigenvalue weighted by Crippen LogP contribution is 2.25. The number of methoxy groups -OCH3 is 1. The Kier molecular flexibility index (Phi) is 6.07. The van der Waals surface area contributed by atoms with E-state index in [0.717, 1.165) is 15.1 Å². The zero-order valence-corrected chi connectivity index (χ0v) is 14.9. The van der Waals surface area contributed by atoms with Gasteiger partial charge in [-0.15, -0.1) is 11.8 Å². The molecule has 0 unspecified atom stereocenters. The van der Waals surface area contributed by atoms with Crippen molar-refractivity contribution in [2.45, 2.75) is 24.2 Å². The van der Waals surface area contributed by atoms with Gasteiger partial charge in [-0.05, 0) is 41.6 Å². The van der Waals surface area contributed by atoms with Gasteiger partial charge >= 0.3 is 0 Å². The monoisotopic (exact) mass is 420 g/mol. The van der Waals surface area contributed by atoms with Crippen LogP contribution in [0, 0.1) is 10.5 Å². The van der Waals surface area contributed by atoms with Crippen molar-refractivity contribution in [2.24, 2.45) is 0 Å². The molecule has 1 aromatic carbocycles. The molecule has 0 spiro atoms. The summed E-state index contributed by atoms with van der Waals surface area (Å²) in [5, 5.41) is 0.493. The second-order valence-electron chi connectivity index (χ2n) is 4.23. The number of aromatic nitrogens is 2. The van der Waals surface area contributed by atoms with Gasteiger partial charge in [-0.3, -0.25) is 0 Å². The van der Waals surface area contributed by atoms with Crippen molar-refractivity contribution in [3.63, 3.8) is 0 Å². The fourth-order valence-electron chi connectivity index (χ4n) is 1.59. The average molecular weight is 421 g/mol. The molecule has 0 bridgehead atoms. The molecule has 6 heteroatoms. The van der Waals surface area contributed by atoms with E-state index in [1.165, 1.54) is 10.5 Å². The highest BCUT2D eigenvalue weighted by Gasteiger charge is 2.10. The Morgan fingerprint density at radius 2 is 1.95 bits per heavy atom. The zero-order valence-electron chi connectivity index (χ0n) is 11.2. The number of nitrogens with zero attached hydrogens (tertiary/aromatic N) is 2. The fraction of sp³-hybridized carbons (Fsp3) is 0.286. The van der Waals surface area contributed by atoms with Crippen LogP contribution < -0.4 is 0 Å². The van der Waals surface area contributed by atoms with E-state index >= 15 is 0 Å². The minimum absolute atomic E-state index is 0.447. The third-order valence-electron chi connectivity index (χ3n) is 2.60. The molecule has 1 heterocycles. The van der Waals surface area contributed by atoms with Gasteiger partial charge < -0.3 is 4.74 Å². The summed E-state index contributed by atoms with van der Waals surface area (Å²) in [5.74, 6) is 1.42. The van der Waals surface area contributed by atoms with Crippen LogP contribution in [0.5, 0.6) is 0 Å². The molecular formula is C14H14ClIN2OS. The normalized spacial score (nSPS) is 10.8. The third-order valence-corrected chi connectivity index (χ3v) is 5.33. The molecule has 20 heavy (non-hydrogen) atoms. The number of hydrogen-bond acceptors (Lipinski definition) is 4. The topological polar surface area (TPSA) is 35.0 Å². The summed E-state index contributed by atoms with van der Waals surface area (Å²) in [6.07, 6.45) is 0. The minimum Gasteiger partial charge on any atom is -0.378 e. The van der Waals surface area contributed by atoms with Crippen LogP contribution in [-0.4, -0.2) is 17.1 Å². The van der Waals surface area contributed by atoms with Crippen molar-refractivity contribution in [1.29, 1.82) is 0 Å². The van der Waals surface area contributed by atoms with Gasteiger partial charge in [0.05, 0.1) is 21.6 Å². The standard InChI is InChI=1S/C14H14ClIN2OS/c1-9-3-5-10(6-4-9)20-8-12-17-11(7-19-2)13(16)14(15)18-12/h3-6H,7-8H2,1-2H3. The molecule has 2 aromatic rings. The predicted octanol–water partition coefficient (Wildman–Crippen LogP) is 4.48. The Labute approximate surface area is 141 Å². The quantitative estimate of drug-likeness (QED) is 0.406. The van der Waals surface area contributed by atoms with E-state index in [1.807, 2.05) is 0 Å². The first-order valence-electron chi connectivity index (χ1n) is 5.99. The maximum Gasteiger partial charge on any atom is 0.146 e. The zero-order chi connectivity index (χ0) is 14.5. The molecule has 0 aliphatic rings. The van der Waals surface area contributed by atoms with E-state index in [-0.39, 0.29) is 0 Å². The number of ether oxygens (including phenoxy) is 1. The molecule has 0 radical (unpaired) electrons. The Morgan fingerprint density at radius 3 is 2.60 bits per heavy atom. The van der Waals surface area contributed by atoms with Crippen molar-refractivity contribution in [3.8, 4) is 0 Å². The van der Waals surface area contributed by atoms with E-state index in [0.29, 0.717) is 17.5 Å². The lowest BCUT2D eigenvalue weighted by Crippen LogP contribution is -2.03. The number of rotatable bonds is 5. The summed E-state index contributed by atoms with van der Waals surface area (Å²) in [6.45, 7) is 2.52. The van der Waals surface area contributed by atoms with Crippen LogP contribution in [0.3, 0.4) is 0 Å². The maximum atomic E-state index is 6.13. The SMILES string of the molecule is COCc1nc(CSc2ccc(C)cc2)nc(Cl)c1I. The summed E-state index contributed by atoms with van der Waals surface area (Å²) in [7, 11) is 1.65. The van der Waals surface area contributed by atoms with Crippen molar-refractivity contribution in [3.05, 3.63) is 50.1 Å². The number of halogens is 2. The molecule has 0 fully saturated rings. The van der Waals surface area contributed by atoms with Gasteiger partial charge in [-0.25, -0.2) is 9.97 Å². The molecule has 0 saturated carbocycles. The molecule has 3 nitrogen and oxygen atoms in total. The molecule has 106 valence electrons. The van der Waals surface area contributed by atoms with Crippen molar-refractivity contribution in [1.82, 2.24) is 9.97 Å². The van der Waals surface area contributed by atoms with Crippen LogP contribution in [0.25, 0.3) is 0 Å². The Balaban J connectivity index is 2.11. The molecule has 1 aromatic heterocycles. The first kappa shape index (κ1) is 16.0. The van der Waals surface area contributed by atoms with E-state index in [2.05, 4.69) is 63.7 Å². The summed E-state index contributed by atoms with van der Waals surface area (Å²) in [6, 6.07) is 8.40. The van der Waals surface area contributed by atoms with Crippen molar-refractivity contribution >= 4 is 46.0 Å². The smallest absolute Gasteiger partial charge is 0.146 e. The first-order chi connectivity index (χ1) is 9.60. The maximum absolute atomic E-state index is 6.13. The number of thioether (sulfide) groups is 1. The van der Waals surface area contributed by atoms with Gasteiger partial charge in [-0.1, -0.05) is 29.3 Å². The summed E-state index contributed by atoms with van der Waals surface area (Å²) in [4.78, 5) is 10.0. The van der Waals surface area contributed by atoms with E-state index < -0.39 is 0 Å². The Bertz CT molecular complexity index is 592. The molecule has 2 rings (SSSR count). The van der Waals surface area contributed by atoms with Gasteiger partial charge in [0.2, 0.25) is 0 Å². The Hall–Kier alpha value is -0.370. The van der Waals surface area contributed by atoms with Gasteiger partial charge in [0.25, 0.3) is 0 Å². The van der Waals surface area contributed by atoms with E-state index in [9.17, 15) is 0 Å². The Morgan fingerprint density at radius 1 is 1.25 bits per heavy atom. The van der Waals surface area contributed by atoms with Crippen LogP contribution in [0.15, 0.2) is 29.2 Å².